The first kappa shape index (κ1) is 22.9. The fourth-order valence-corrected chi connectivity index (χ4v) is 3.31. The third kappa shape index (κ3) is 6.31. The molecular formula is C21H29IN4O3. The van der Waals surface area contributed by atoms with Gasteiger partial charge in [-0.15, -0.1) is 24.0 Å². The Kier molecular flexibility index (Phi) is 8.69. The number of anilines is 2. The highest BCUT2D eigenvalue weighted by Crippen LogP contribution is 2.31. The predicted octanol–water partition coefficient (Wildman–Crippen LogP) is 3.58. The number of nitrogens with one attached hydrogen (secondary N) is 1. The van der Waals surface area contributed by atoms with Crippen LogP contribution in [0.1, 0.15) is 6.42 Å². The van der Waals surface area contributed by atoms with Gasteiger partial charge in [0.25, 0.3) is 0 Å². The van der Waals surface area contributed by atoms with Crippen molar-refractivity contribution >= 4 is 41.3 Å². The summed E-state index contributed by atoms with van der Waals surface area (Å²) in [6.45, 7) is 2.58. The Morgan fingerprint density at radius 1 is 1.07 bits per heavy atom. The van der Waals surface area contributed by atoms with Crippen LogP contribution >= 0.6 is 24.0 Å². The fraction of sp³-hybridized carbons (Fsp3) is 0.381. The van der Waals surface area contributed by atoms with Crippen molar-refractivity contribution in [2.45, 2.75) is 6.42 Å². The average molecular weight is 512 g/mol. The molecule has 0 radical (unpaired) electrons. The third-order valence-corrected chi connectivity index (χ3v) is 4.85. The second-order valence-corrected chi connectivity index (χ2v) is 6.75. The van der Waals surface area contributed by atoms with E-state index in [-0.39, 0.29) is 24.0 Å². The molecule has 0 amide bonds. The Hall–Kier alpha value is -2.36. The molecule has 0 spiro atoms. The Bertz CT molecular complexity index is 809. The van der Waals surface area contributed by atoms with E-state index in [4.69, 9.17) is 19.9 Å². The zero-order valence-corrected chi connectivity index (χ0v) is 19.4. The molecule has 29 heavy (non-hydrogen) atoms. The zero-order chi connectivity index (χ0) is 19.9. The van der Waals surface area contributed by atoms with Crippen LogP contribution in [0.3, 0.4) is 0 Å². The van der Waals surface area contributed by atoms with Crippen LogP contribution in [0.4, 0.5) is 11.4 Å². The summed E-state index contributed by atoms with van der Waals surface area (Å²) in [5, 5.41) is 3.11. The molecule has 1 saturated heterocycles. The number of benzene rings is 2. The Balaban J connectivity index is 0.00000300. The van der Waals surface area contributed by atoms with Gasteiger partial charge < -0.3 is 30.2 Å². The highest BCUT2D eigenvalue weighted by Gasteiger charge is 2.23. The topological polar surface area (TPSA) is 81.3 Å². The lowest BCUT2D eigenvalue weighted by Gasteiger charge is -2.20. The molecule has 1 heterocycles. The summed E-state index contributed by atoms with van der Waals surface area (Å²) in [5.41, 5.74) is 8.01. The van der Waals surface area contributed by atoms with Crippen LogP contribution in [0.5, 0.6) is 17.2 Å². The first-order valence-corrected chi connectivity index (χ1v) is 9.30. The molecule has 1 unspecified atom stereocenters. The lowest BCUT2D eigenvalue weighted by molar-refractivity contribution is 0.394. The molecule has 3 N–H and O–H groups in total. The normalized spacial score (nSPS) is 16.2. The Morgan fingerprint density at radius 2 is 1.76 bits per heavy atom. The van der Waals surface area contributed by atoms with Gasteiger partial charge in [-0.2, -0.15) is 0 Å². The first-order chi connectivity index (χ1) is 13.6. The molecule has 158 valence electrons. The van der Waals surface area contributed by atoms with Crippen molar-refractivity contribution in [3.63, 3.8) is 0 Å². The molecule has 0 aliphatic carbocycles. The van der Waals surface area contributed by atoms with Gasteiger partial charge in [-0.3, -0.25) is 4.99 Å². The minimum Gasteiger partial charge on any atom is -0.497 e. The van der Waals surface area contributed by atoms with Crippen LogP contribution in [0.2, 0.25) is 0 Å². The second-order valence-electron chi connectivity index (χ2n) is 6.75. The number of hydrogen-bond acceptors (Lipinski definition) is 5. The summed E-state index contributed by atoms with van der Waals surface area (Å²) in [4.78, 5) is 6.85. The van der Waals surface area contributed by atoms with Gasteiger partial charge in [0, 0.05) is 55.3 Å². The van der Waals surface area contributed by atoms with Crippen LogP contribution in [-0.4, -0.2) is 46.9 Å². The molecule has 2 aromatic rings. The smallest absolute Gasteiger partial charge is 0.193 e. The van der Waals surface area contributed by atoms with Crippen LogP contribution in [0.25, 0.3) is 0 Å². The number of hydrogen-bond donors (Lipinski definition) is 2. The molecule has 0 bridgehead atoms. The molecule has 7 nitrogen and oxygen atoms in total. The van der Waals surface area contributed by atoms with Gasteiger partial charge in [-0.25, -0.2) is 0 Å². The van der Waals surface area contributed by atoms with Crippen molar-refractivity contribution in [2.24, 2.45) is 16.6 Å². The van der Waals surface area contributed by atoms with Crippen LogP contribution in [-0.2, 0) is 0 Å². The van der Waals surface area contributed by atoms with E-state index >= 15 is 0 Å². The summed E-state index contributed by atoms with van der Waals surface area (Å²) in [5.74, 6) is 3.22. The van der Waals surface area contributed by atoms with Gasteiger partial charge in [-0.05, 0) is 24.5 Å². The molecule has 1 aliphatic rings. The quantitative estimate of drug-likeness (QED) is 0.336. The standard InChI is InChI=1S/C21H28N4O3.HI/c1-26-18-6-4-5-16(9-18)24-21(22)23-13-15-7-8-25(14-15)17-10-19(27-2)12-20(11-17)28-3;/h4-6,9-12,15H,7-8,13-14H2,1-3H3,(H3,22,23,24);1H. The number of nitrogens with two attached hydrogens (primary N) is 1. The molecule has 1 fully saturated rings. The highest BCUT2D eigenvalue weighted by atomic mass is 127. The third-order valence-electron chi connectivity index (χ3n) is 4.85. The lowest BCUT2D eigenvalue weighted by atomic mass is 10.1. The Morgan fingerprint density at radius 3 is 2.41 bits per heavy atom. The molecular weight excluding hydrogens is 483 g/mol. The van der Waals surface area contributed by atoms with Gasteiger partial charge in [0.05, 0.1) is 21.3 Å². The van der Waals surface area contributed by atoms with Crippen molar-refractivity contribution in [2.75, 3.05) is 51.2 Å². The molecule has 0 saturated carbocycles. The molecule has 1 aliphatic heterocycles. The van der Waals surface area contributed by atoms with E-state index in [0.29, 0.717) is 18.4 Å². The fourth-order valence-electron chi connectivity index (χ4n) is 3.31. The summed E-state index contributed by atoms with van der Waals surface area (Å²) < 4.78 is 16.0. The van der Waals surface area contributed by atoms with E-state index in [0.717, 1.165) is 48.1 Å². The van der Waals surface area contributed by atoms with E-state index < -0.39 is 0 Å². The average Bonchev–Trinajstić information content (AvgIpc) is 3.21. The largest absolute Gasteiger partial charge is 0.497 e. The molecule has 8 heteroatoms. The van der Waals surface area contributed by atoms with Crippen LogP contribution in [0, 0.1) is 5.92 Å². The van der Waals surface area contributed by atoms with E-state index in [1.165, 1.54) is 0 Å². The van der Waals surface area contributed by atoms with Crippen molar-refractivity contribution in [3.05, 3.63) is 42.5 Å². The van der Waals surface area contributed by atoms with Crippen molar-refractivity contribution in [3.8, 4) is 17.2 Å². The summed E-state index contributed by atoms with van der Waals surface area (Å²) in [6.07, 6.45) is 1.06. The summed E-state index contributed by atoms with van der Waals surface area (Å²) >= 11 is 0. The number of nitrogens with zero attached hydrogens (tertiary/aromatic N) is 2. The number of aliphatic imine (C=N–C) groups is 1. The van der Waals surface area contributed by atoms with Crippen LogP contribution in [0.15, 0.2) is 47.5 Å². The highest BCUT2D eigenvalue weighted by molar-refractivity contribution is 14.0. The maximum atomic E-state index is 6.05. The first-order valence-electron chi connectivity index (χ1n) is 9.30. The Labute approximate surface area is 189 Å². The predicted molar refractivity (Wildman–Crippen MR) is 128 cm³/mol. The van der Waals surface area contributed by atoms with Gasteiger partial charge in [-0.1, -0.05) is 6.07 Å². The number of ether oxygens (including phenoxy) is 3. The minimum atomic E-state index is 0. The van der Waals surface area contributed by atoms with Crippen LogP contribution < -0.4 is 30.2 Å². The SMILES string of the molecule is COc1cccc(NC(N)=NCC2CCN(c3cc(OC)cc(OC)c3)C2)c1.I. The molecule has 1 atom stereocenters. The maximum absolute atomic E-state index is 6.05. The van der Waals surface area contributed by atoms with E-state index in [1.54, 1.807) is 21.3 Å². The zero-order valence-electron chi connectivity index (χ0n) is 17.1. The van der Waals surface area contributed by atoms with E-state index in [2.05, 4.69) is 15.2 Å². The van der Waals surface area contributed by atoms with Gasteiger partial charge >= 0.3 is 0 Å². The van der Waals surface area contributed by atoms with Gasteiger partial charge in [0.1, 0.15) is 17.2 Å². The number of rotatable bonds is 7. The summed E-state index contributed by atoms with van der Waals surface area (Å²) in [6, 6.07) is 13.6. The van der Waals surface area contributed by atoms with Gasteiger partial charge in [0.15, 0.2) is 5.96 Å². The van der Waals surface area contributed by atoms with Gasteiger partial charge in [0.2, 0.25) is 0 Å². The minimum absolute atomic E-state index is 0. The number of halogens is 1. The number of methoxy groups -OCH3 is 3. The van der Waals surface area contributed by atoms with E-state index in [9.17, 15) is 0 Å². The van der Waals surface area contributed by atoms with Crippen molar-refractivity contribution in [1.29, 1.82) is 0 Å². The second kappa shape index (κ2) is 11.0. The monoisotopic (exact) mass is 512 g/mol. The van der Waals surface area contributed by atoms with Crippen molar-refractivity contribution in [1.82, 2.24) is 0 Å². The molecule has 2 aromatic carbocycles. The molecule has 0 aromatic heterocycles. The summed E-state index contributed by atoms with van der Waals surface area (Å²) in [7, 11) is 4.97. The molecule has 3 rings (SSSR count). The maximum Gasteiger partial charge on any atom is 0.193 e. The van der Waals surface area contributed by atoms with Crippen molar-refractivity contribution < 1.29 is 14.2 Å². The lowest BCUT2D eigenvalue weighted by Crippen LogP contribution is -2.25. The number of guanidine groups is 1. The van der Waals surface area contributed by atoms with E-state index in [1.807, 2.05) is 42.5 Å².